The fourth-order valence-electron chi connectivity index (χ4n) is 2.56. The molecule has 0 bridgehead atoms. The number of carbonyl (C=O) groups is 1. The van der Waals surface area contributed by atoms with Gasteiger partial charge in [-0.25, -0.2) is 14.8 Å². The number of nitrogens with zero attached hydrogens (tertiary/aromatic N) is 2. The molecule has 3 aromatic rings. The van der Waals surface area contributed by atoms with E-state index in [4.69, 9.17) is 9.47 Å². The average Bonchev–Trinajstić information content (AvgIpc) is 3.16. The van der Waals surface area contributed by atoms with E-state index in [9.17, 15) is 9.18 Å². The van der Waals surface area contributed by atoms with Crippen LogP contribution >= 0.6 is 0 Å². The monoisotopic (exact) mass is 363 g/mol. The first kappa shape index (κ1) is 16.7. The molecule has 134 valence electrons. The smallest absolute Gasteiger partial charge is 0.271 e. The van der Waals surface area contributed by atoms with Gasteiger partial charge in [0, 0.05) is 11.1 Å². The topological polar surface area (TPSA) is 72.8 Å². The number of benzene rings is 2. The number of carbonyl (C=O) groups excluding carboxylic acids is 1. The Kier molecular flexibility index (Phi) is 4.49. The van der Waals surface area contributed by atoms with E-state index in [0.29, 0.717) is 22.8 Å². The van der Waals surface area contributed by atoms with Gasteiger partial charge in [0.1, 0.15) is 5.82 Å². The van der Waals surface area contributed by atoms with Crippen molar-refractivity contribution in [2.75, 3.05) is 6.79 Å². The van der Waals surface area contributed by atoms with Gasteiger partial charge in [-0.3, -0.25) is 4.79 Å². The number of hydrogen-bond acceptors (Lipinski definition) is 5. The Morgan fingerprint density at radius 3 is 2.74 bits per heavy atom. The van der Waals surface area contributed by atoms with E-state index in [2.05, 4.69) is 15.5 Å². The molecular formula is C20H14FN3O3. The summed E-state index contributed by atoms with van der Waals surface area (Å²) in [6, 6.07) is 16.3. The van der Waals surface area contributed by atoms with E-state index in [1.807, 2.05) is 30.3 Å². The van der Waals surface area contributed by atoms with Crippen LogP contribution in [0.1, 0.15) is 16.1 Å². The number of hydrogen-bond donors (Lipinski definition) is 1. The van der Waals surface area contributed by atoms with E-state index in [1.54, 1.807) is 6.07 Å². The Bertz CT molecular complexity index is 1020. The van der Waals surface area contributed by atoms with Crippen molar-refractivity contribution >= 4 is 12.1 Å². The Hall–Kier alpha value is -3.74. The molecule has 27 heavy (non-hydrogen) atoms. The van der Waals surface area contributed by atoms with E-state index < -0.39 is 11.7 Å². The molecular weight excluding hydrogens is 349 g/mol. The maximum absolute atomic E-state index is 12.9. The Morgan fingerprint density at radius 1 is 1.07 bits per heavy atom. The summed E-state index contributed by atoms with van der Waals surface area (Å²) in [6.45, 7) is 0.215. The predicted molar refractivity (Wildman–Crippen MR) is 97.3 cm³/mol. The van der Waals surface area contributed by atoms with Crippen LogP contribution in [0.2, 0.25) is 0 Å². The number of pyridine rings is 1. The first-order chi connectivity index (χ1) is 13.2. The third-order valence-electron chi connectivity index (χ3n) is 3.91. The van der Waals surface area contributed by atoms with E-state index in [-0.39, 0.29) is 6.79 Å². The molecule has 7 heteroatoms. The molecule has 2 heterocycles. The number of hydrazone groups is 1. The molecule has 0 unspecified atom stereocenters. The van der Waals surface area contributed by atoms with Gasteiger partial charge < -0.3 is 9.47 Å². The van der Waals surface area contributed by atoms with Crippen molar-refractivity contribution in [1.29, 1.82) is 0 Å². The summed E-state index contributed by atoms with van der Waals surface area (Å²) in [6.07, 6.45) is 1.44. The molecule has 1 amide bonds. The first-order valence-corrected chi connectivity index (χ1v) is 8.15. The third-order valence-corrected chi connectivity index (χ3v) is 3.91. The summed E-state index contributed by atoms with van der Waals surface area (Å²) in [5, 5.41) is 3.91. The van der Waals surface area contributed by atoms with Crippen LogP contribution in [0, 0.1) is 5.82 Å². The second-order valence-corrected chi connectivity index (χ2v) is 5.72. The fraction of sp³-hybridized carbons (Fsp3) is 0.0500. The van der Waals surface area contributed by atoms with Crippen molar-refractivity contribution in [3.63, 3.8) is 0 Å². The minimum absolute atomic E-state index is 0.215. The largest absolute Gasteiger partial charge is 0.454 e. The van der Waals surface area contributed by atoms with Crippen molar-refractivity contribution in [2.24, 2.45) is 5.10 Å². The molecule has 1 N–H and O–H groups in total. The van der Waals surface area contributed by atoms with E-state index >= 15 is 0 Å². The van der Waals surface area contributed by atoms with Gasteiger partial charge >= 0.3 is 0 Å². The van der Waals surface area contributed by atoms with Crippen molar-refractivity contribution in [3.05, 3.63) is 77.7 Å². The van der Waals surface area contributed by atoms with Gasteiger partial charge in [-0.2, -0.15) is 5.10 Å². The number of nitrogens with one attached hydrogen (secondary N) is 1. The van der Waals surface area contributed by atoms with Gasteiger partial charge in [0.15, 0.2) is 11.5 Å². The molecule has 1 aliphatic heterocycles. The molecule has 0 radical (unpaired) electrons. The number of rotatable bonds is 4. The van der Waals surface area contributed by atoms with Crippen molar-refractivity contribution in [2.45, 2.75) is 0 Å². The van der Waals surface area contributed by atoms with Gasteiger partial charge in [-0.15, -0.1) is 0 Å². The molecule has 0 saturated carbocycles. The lowest BCUT2D eigenvalue weighted by molar-refractivity contribution is 0.0955. The van der Waals surface area contributed by atoms with Gasteiger partial charge in [0.25, 0.3) is 5.91 Å². The van der Waals surface area contributed by atoms with Crippen LogP contribution in [0.4, 0.5) is 4.39 Å². The minimum Gasteiger partial charge on any atom is -0.454 e. The summed E-state index contributed by atoms with van der Waals surface area (Å²) in [4.78, 5) is 16.5. The lowest BCUT2D eigenvalue weighted by Gasteiger charge is -2.04. The molecule has 6 nitrogen and oxygen atoms in total. The molecule has 1 aromatic heterocycles. The van der Waals surface area contributed by atoms with Crippen molar-refractivity contribution in [3.8, 4) is 22.8 Å². The van der Waals surface area contributed by atoms with Gasteiger partial charge in [-0.05, 0) is 54.6 Å². The highest BCUT2D eigenvalue weighted by Crippen LogP contribution is 2.35. The van der Waals surface area contributed by atoms with Crippen molar-refractivity contribution < 1.29 is 18.7 Å². The first-order valence-electron chi connectivity index (χ1n) is 8.15. The van der Waals surface area contributed by atoms with E-state index in [1.165, 1.54) is 30.5 Å². The van der Waals surface area contributed by atoms with E-state index in [0.717, 1.165) is 11.3 Å². The zero-order valence-electron chi connectivity index (χ0n) is 14.1. The summed E-state index contributed by atoms with van der Waals surface area (Å²) in [5.74, 6) is 0.553. The van der Waals surface area contributed by atoms with Gasteiger partial charge in [0.2, 0.25) is 6.79 Å². The maximum atomic E-state index is 12.9. The lowest BCUT2D eigenvalue weighted by Crippen LogP contribution is -2.17. The highest BCUT2D eigenvalue weighted by Gasteiger charge is 2.14. The highest BCUT2D eigenvalue weighted by molar-refractivity contribution is 5.94. The zero-order valence-corrected chi connectivity index (χ0v) is 14.1. The normalized spacial score (nSPS) is 12.3. The van der Waals surface area contributed by atoms with Crippen LogP contribution in [-0.4, -0.2) is 23.9 Å². The predicted octanol–water partition coefficient (Wildman–Crippen LogP) is 3.38. The highest BCUT2D eigenvalue weighted by atomic mass is 19.1. The van der Waals surface area contributed by atoms with Crippen LogP contribution in [0.15, 0.2) is 65.8 Å². The Balaban J connectivity index is 1.47. The van der Waals surface area contributed by atoms with Gasteiger partial charge in [0.05, 0.1) is 17.6 Å². The van der Waals surface area contributed by atoms with Crippen LogP contribution in [0.25, 0.3) is 11.3 Å². The van der Waals surface area contributed by atoms with Crippen molar-refractivity contribution in [1.82, 2.24) is 10.4 Å². The van der Waals surface area contributed by atoms with Crippen LogP contribution < -0.4 is 14.9 Å². The zero-order chi connectivity index (χ0) is 18.6. The molecule has 0 spiro atoms. The number of halogens is 1. The SMILES string of the molecule is O=C(N/N=C/c1cccc(-c2ccc3c(c2)OCO3)n1)c1ccc(F)cc1. The molecule has 0 atom stereocenters. The minimum atomic E-state index is -0.432. The lowest BCUT2D eigenvalue weighted by atomic mass is 10.1. The summed E-state index contributed by atoms with van der Waals surface area (Å²) in [7, 11) is 0. The third kappa shape index (κ3) is 3.77. The van der Waals surface area contributed by atoms with Crippen LogP contribution in [0.3, 0.4) is 0 Å². The van der Waals surface area contributed by atoms with Gasteiger partial charge in [-0.1, -0.05) is 6.07 Å². The molecule has 4 rings (SSSR count). The quantitative estimate of drug-likeness (QED) is 0.570. The summed E-state index contributed by atoms with van der Waals surface area (Å²) in [5.41, 5.74) is 4.90. The standard InChI is InChI=1S/C20H14FN3O3/c21-15-7-4-13(5-8-15)20(25)24-22-11-16-2-1-3-17(23-16)14-6-9-18-19(10-14)27-12-26-18/h1-11H,12H2,(H,24,25)/b22-11+. The average molecular weight is 363 g/mol. The number of ether oxygens (including phenoxy) is 2. The summed E-state index contributed by atoms with van der Waals surface area (Å²) < 4.78 is 23.6. The second-order valence-electron chi connectivity index (χ2n) is 5.72. The second kappa shape index (κ2) is 7.25. The number of amides is 1. The number of fused-ring (bicyclic) bond motifs is 1. The summed E-state index contributed by atoms with van der Waals surface area (Å²) >= 11 is 0. The molecule has 0 saturated heterocycles. The molecule has 0 aliphatic carbocycles. The fourth-order valence-corrected chi connectivity index (χ4v) is 2.56. The maximum Gasteiger partial charge on any atom is 0.271 e. The molecule has 0 fully saturated rings. The van der Waals surface area contributed by atoms with Crippen LogP contribution in [-0.2, 0) is 0 Å². The molecule has 1 aliphatic rings. The Morgan fingerprint density at radius 2 is 1.89 bits per heavy atom. The Labute approximate surface area is 154 Å². The number of aromatic nitrogens is 1. The molecule has 2 aromatic carbocycles. The van der Waals surface area contributed by atoms with Crippen LogP contribution in [0.5, 0.6) is 11.5 Å².